The van der Waals surface area contributed by atoms with Gasteiger partial charge in [0.05, 0.1) is 11.4 Å². The Morgan fingerprint density at radius 3 is 2.62 bits per heavy atom. The molecular weight excluding hydrogens is 380 g/mol. The monoisotopic (exact) mass is 391 g/mol. The molecular formula is C18H12ClF2N3OS. The Hall–Kier alpha value is -2.38. The van der Waals surface area contributed by atoms with Crippen molar-refractivity contribution in [1.29, 1.82) is 0 Å². The molecule has 1 aromatic heterocycles. The third-order valence-corrected chi connectivity index (χ3v) is 5.26. The van der Waals surface area contributed by atoms with Crippen molar-refractivity contribution in [2.75, 3.05) is 5.32 Å². The van der Waals surface area contributed by atoms with Crippen LogP contribution in [0.3, 0.4) is 0 Å². The molecule has 26 heavy (non-hydrogen) atoms. The van der Waals surface area contributed by atoms with Gasteiger partial charge in [-0.05, 0) is 42.5 Å². The van der Waals surface area contributed by atoms with E-state index in [1.165, 1.54) is 6.07 Å². The summed E-state index contributed by atoms with van der Waals surface area (Å²) in [6.45, 7) is 0. The number of nitrogens with one attached hydrogen (secondary N) is 1. The Labute approximate surface area is 157 Å². The minimum atomic E-state index is -1.07. The molecule has 2 aromatic carbocycles. The van der Waals surface area contributed by atoms with Crippen molar-refractivity contribution >= 4 is 35.1 Å². The summed E-state index contributed by atoms with van der Waals surface area (Å²) in [6, 6.07) is 10.1. The highest BCUT2D eigenvalue weighted by Gasteiger charge is 2.25. The minimum absolute atomic E-state index is 0.0344. The lowest BCUT2D eigenvalue weighted by Gasteiger charge is -2.11. The Bertz CT molecular complexity index is 1000. The quantitative estimate of drug-likeness (QED) is 0.697. The van der Waals surface area contributed by atoms with Crippen molar-refractivity contribution in [2.24, 2.45) is 0 Å². The lowest BCUT2D eigenvalue weighted by molar-refractivity contribution is 0.102. The predicted molar refractivity (Wildman–Crippen MR) is 97.9 cm³/mol. The van der Waals surface area contributed by atoms with E-state index < -0.39 is 17.5 Å². The zero-order valence-electron chi connectivity index (χ0n) is 13.3. The van der Waals surface area contributed by atoms with Crippen molar-refractivity contribution in [3.05, 3.63) is 75.9 Å². The van der Waals surface area contributed by atoms with Crippen LogP contribution in [0.5, 0.6) is 0 Å². The average molecular weight is 392 g/mol. The first kappa shape index (κ1) is 17.1. The van der Waals surface area contributed by atoms with Crippen LogP contribution in [0.2, 0.25) is 5.02 Å². The van der Waals surface area contributed by atoms with Crippen LogP contribution in [0.4, 0.5) is 14.6 Å². The van der Waals surface area contributed by atoms with Gasteiger partial charge in [0.25, 0.3) is 5.91 Å². The van der Waals surface area contributed by atoms with Gasteiger partial charge in [0.1, 0.15) is 5.82 Å². The second kappa shape index (κ2) is 6.74. The van der Waals surface area contributed by atoms with Crippen LogP contribution in [-0.4, -0.2) is 15.7 Å². The molecule has 1 amide bonds. The summed E-state index contributed by atoms with van der Waals surface area (Å²) < 4.78 is 28.2. The van der Waals surface area contributed by atoms with E-state index in [1.807, 2.05) is 0 Å². The normalized spacial score (nSPS) is 12.9. The molecule has 0 unspecified atom stereocenters. The van der Waals surface area contributed by atoms with E-state index in [1.54, 1.807) is 40.7 Å². The SMILES string of the molecule is O=C(Nc1c2c(nn1-c1ccc(Cl)cc1)CSC2)c1ccc(F)c(F)c1. The fraction of sp³-hybridized carbons (Fsp3) is 0.111. The largest absolute Gasteiger partial charge is 0.306 e. The van der Waals surface area contributed by atoms with Crippen molar-refractivity contribution in [1.82, 2.24) is 9.78 Å². The van der Waals surface area contributed by atoms with Crippen LogP contribution in [0.15, 0.2) is 42.5 Å². The fourth-order valence-electron chi connectivity index (χ4n) is 2.73. The van der Waals surface area contributed by atoms with Gasteiger partial charge in [-0.3, -0.25) is 4.79 Å². The maximum absolute atomic E-state index is 13.4. The topological polar surface area (TPSA) is 46.9 Å². The van der Waals surface area contributed by atoms with E-state index in [-0.39, 0.29) is 5.56 Å². The number of rotatable bonds is 3. The molecule has 1 N–H and O–H groups in total. The number of hydrogen-bond donors (Lipinski definition) is 1. The number of fused-ring (bicyclic) bond motifs is 1. The first-order valence-corrected chi connectivity index (χ1v) is 9.27. The average Bonchev–Trinajstić information content (AvgIpc) is 3.21. The molecule has 4 rings (SSSR count). The van der Waals surface area contributed by atoms with Crippen molar-refractivity contribution in [3.63, 3.8) is 0 Å². The Morgan fingerprint density at radius 1 is 1.12 bits per heavy atom. The number of thioether (sulfide) groups is 1. The first-order valence-electron chi connectivity index (χ1n) is 7.74. The zero-order valence-corrected chi connectivity index (χ0v) is 14.9. The van der Waals surface area contributed by atoms with E-state index in [2.05, 4.69) is 10.4 Å². The summed E-state index contributed by atoms with van der Waals surface area (Å²) in [6.07, 6.45) is 0. The summed E-state index contributed by atoms with van der Waals surface area (Å²) in [5.74, 6) is -0.587. The molecule has 0 radical (unpaired) electrons. The molecule has 3 aromatic rings. The minimum Gasteiger partial charge on any atom is -0.306 e. The Morgan fingerprint density at radius 2 is 1.88 bits per heavy atom. The highest BCUT2D eigenvalue weighted by atomic mass is 35.5. The number of carbonyl (C=O) groups is 1. The lowest BCUT2D eigenvalue weighted by Crippen LogP contribution is -2.16. The molecule has 2 heterocycles. The van der Waals surface area contributed by atoms with E-state index in [0.29, 0.717) is 10.8 Å². The van der Waals surface area contributed by atoms with Gasteiger partial charge in [-0.2, -0.15) is 16.9 Å². The highest BCUT2D eigenvalue weighted by Crippen LogP contribution is 2.36. The zero-order chi connectivity index (χ0) is 18.3. The molecule has 8 heteroatoms. The second-order valence-corrected chi connectivity index (χ2v) is 7.16. The summed E-state index contributed by atoms with van der Waals surface area (Å²) in [4.78, 5) is 12.5. The Kier molecular flexibility index (Phi) is 4.42. The van der Waals surface area contributed by atoms with Gasteiger partial charge in [-0.25, -0.2) is 13.5 Å². The maximum Gasteiger partial charge on any atom is 0.256 e. The lowest BCUT2D eigenvalue weighted by atomic mass is 10.2. The number of nitrogens with zero attached hydrogens (tertiary/aromatic N) is 2. The molecule has 0 atom stereocenters. The third kappa shape index (κ3) is 3.08. The highest BCUT2D eigenvalue weighted by molar-refractivity contribution is 7.98. The van der Waals surface area contributed by atoms with Gasteiger partial charge < -0.3 is 5.32 Å². The van der Waals surface area contributed by atoms with Crippen LogP contribution in [0.1, 0.15) is 21.6 Å². The molecule has 132 valence electrons. The van der Waals surface area contributed by atoms with Gasteiger partial charge >= 0.3 is 0 Å². The number of carbonyl (C=O) groups excluding carboxylic acids is 1. The molecule has 0 aliphatic carbocycles. The number of benzene rings is 2. The summed E-state index contributed by atoms with van der Waals surface area (Å²) in [7, 11) is 0. The van der Waals surface area contributed by atoms with Gasteiger partial charge in [-0.1, -0.05) is 11.6 Å². The van der Waals surface area contributed by atoms with Gasteiger partial charge in [0, 0.05) is 27.7 Å². The maximum atomic E-state index is 13.4. The van der Waals surface area contributed by atoms with Crippen LogP contribution in [0, 0.1) is 11.6 Å². The molecule has 1 aliphatic heterocycles. The summed E-state index contributed by atoms with van der Waals surface area (Å²) >= 11 is 7.64. The molecule has 0 saturated carbocycles. The van der Waals surface area contributed by atoms with Crippen LogP contribution < -0.4 is 5.32 Å². The van der Waals surface area contributed by atoms with Crippen LogP contribution in [-0.2, 0) is 11.5 Å². The van der Waals surface area contributed by atoms with Gasteiger partial charge in [0.2, 0.25) is 0 Å². The van der Waals surface area contributed by atoms with Gasteiger partial charge in [-0.15, -0.1) is 0 Å². The van der Waals surface area contributed by atoms with Crippen molar-refractivity contribution in [2.45, 2.75) is 11.5 Å². The van der Waals surface area contributed by atoms with E-state index in [9.17, 15) is 13.6 Å². The first-order chi connectivity index (χ1) is 12.5. The van der Waals surface area contributed by atoms with Crippen molar-refractivity contribution < 1.29 is 13.6 Å². The predicted octanol–water partition coefficient (Wildman–Crippen LogP) is 4.80. The standard InChI is InChI=1S/C18H12ClF2N3OS/c19-11-2-4-12(5-3-11)24-17(13-8-26-9-16(13)23-24)22-18(25)10-1-6-14(20)15(21)7-10/h1-7H,8-9H2,(H,22,25). The number of halogens is 3. The summed E-state index contributed by atoms with van der Waals surface area (Å²) in [5.41, 5.74) is 2.60. The summed E-state index contributed by atoms with van der Waals surface area (Å²) in [5, 5.41) is 7.96. The van der Waals surface area contributed by atoms with E-state index in [0.717, 1.165) is 40.6 Å². The van der Waals surface area contributed by atoms with Crippen molar-refractivity contribution in [3.8, 4) is 5.69 Å². The number of hydrogen-bond acceptors (Lipinski definition) is 3. The Balaban J connectivity index is 1.72. The smallest absolute Gasteiger partial charge is 0.256 e. The molecule has 0 saturated heterocycles. The molecule has 4 nitrogen and oxygen atoms in total. The molecule has 1 aliphatic rings. The number of amides is 1. The number of anilines is 1. The van der Waals surface area contributed by atoms with Crippen LogP contribution >= 0.6 is 23.4 Å². The molecule has 0 spiro atoms. The van der Waals surface area contributed by atoms with Crippen LogP contribution in [0.25, 0.3) is 5.69 Å². The second-order valence-electron chi connectivity index (χ2n) is 5.74. The molecule has 0 bridgehead atoms. The van der Waals surface area contributed by atoms with E-state index in [4.69, 9.17) is 11.6 Å². The fourth-order valence-corrected chi connectivity index (χ4v) is 3.89. The number of aromatic nitrogens is 2. The molecule has 0 fully saturated rings. The van der Waals surface area contributed by atoms with Gasteiger partial charge in [0.15, 0.2) is 11.6 Å². The van der Waals surface area contributed by atoms with E-state index >= 15 is 0 Å². The third-order valence-electron chi connectivity index (χ3n) is 4.04.